The van der Waals surface area contributed by atoms with Crippen LogP contribution in [0.15, 0.2) is 11.2 Å². The van der Waals surface area contributed by atoms with E-state index in [0.717, 1.165) is 12.8 Å². The molecule has 0 saturated carbocycles. The summed E-state index contributed by atoms with van der Waals surface area (Å²) in [6.07, 6.45) is 3.11. The van der Waals surface area contributed by atoms with E-state index in [0.29, 0.717) is 5.82 Å². The molecule has 1 unspecified atom stereocenters. The first kappa shape index (κ1) is 12.2. The van der Waals surface area contributed by atoms with Crippen LogP contribution >= 0.6 is 0 Å². The molecule has 15 heavy (non-hydrogen) atoms. The van der Waals surface area contributed by atoms with E-state index in [1.807, 2.05) is 13.8 Å². The Kier molecular flexibility index (Phi) is 3.87. The van der Waals surface area contributed by atoms with Crippen molar-refractivity contribution in [1.82, 2.24) is 14.7 Å². The van der Waals surface area contributed by atoms with Crippen molar-refractivity contribution in [2.75, 3.05) is 0 Å². The average Bonchev–Trinajstić information content (AvgIpc) is 2.51. The average molecular weight is 231 g/mol. The maximum atomic E-state index is 11.7. The third-order valence-corrected chi connectivity index (χ3v) is 3.55. The number of H-pyrrole nitrogens is 1. The minimum atomic E-state index is -3.43. The number of aromatic amines is 1. The van der Waals surface area contributed by atoms with Crippen LogP contribution in [-0.4, -0.2) is 24.4 Å². The van der Waals surface area contributed by atoms with Crippen LogP contribution in [0.4, 0.5) is 0 Å². The van der Waals surface area contributed by atoms with Crippen LogP contribution in [0.1, 0.15) is 32.5 Å². The topological polar surface area (TPSA) is 74.8 Å². The minimum Gasteiger partial charge on any atom is -0.332 e. The van der Waals surface area contributed by atoms with Crippen molar-refractivity contribution in [3.8, 4) is 0 Å². The molecule has 5 nitrogen and oxygen atoms in total. The fraction of sp³-hybridized carbons (Fsp3) is 0.667. The van der Waals surface area contributed by atoms with E-state index in [4.69, 9.17) is 0 Å². The van der Waals surface area contributed by atoms with Crippen molar-refractivity contribution in [1.29, 1.82) is 0 Å². The van der Waals surface area contributed by atoms with E-state index in [1.165, 1.54) is 6.20 Å². The van der Waals surface area contributed by atoms with Gasteiger partial charge in [0.05, 0.1) is 6.20 Å². The van der Waals surface area contributed by atoms with Crippen molar-refractivity contribution >= 4 is 10.0 Å². The molecular weight excluding hydrogens is 214 g/mol. The van der Waals surface area contributed by atoms with Gasteiger partial charge in [0.1, 0.15) is 5.82 Å². The Labute approximate surface area is 90.4 Å². The fourth-order valence-electron chi connectivity index (χ4n) is 1.36. The van der Waals surface area contributed by atoms with Gasteiger partial charge in [-0.1, -0.05) is 13.3 Å². The molecule has 1 rings (SSSR count). The zero-order valence-electron chi connectivity index (χ0n) is 9.24. The molecule has 1 aromatic heterocycles. The van der Waals surface area contributed by atoms with Gasteiger partial charge in [0.2, 0.25) is 0 Å². The molecule has 1 heterocycles. The maximum absolute atomic E-state index is 11.7. The first-order valence-electron chi connectivity index (χ1n) is 4.99. The fourth-order valence-corrected chi connectivity index (χ4v) is 2.60. The first-order valence-corrected chi connectivity index (χ1v) is 6.48. The number of nitrogens with one attached hydrogen (secondary N) is 2. The second-order valence-corrected chi connectivity index (χ2v) is 5.33. The van der Waals surface area contributed by atoms with Crippen LogP contribution in [0, 0.1) is 6.92 Å². The molecule has 0 aliphatic heterocycles. The smallest absolute Gasteiger partial charge is 0.257 e. The molecule has 0 fully saturated rings. The van der Waals surface area contributed by atoms with Crippen LogP contribution in [0.2, 0.25) is 0 Å². The van der Waals surface area contributed by atoms with E-state index in [-0.39, 0.29) is 11.1 Å². The molecule has 0 radical (unpaired) electrons. The second-order valence-electron chi connectivity index (χ2n) is 3.64. The van der Waals surface area contributed by atoms with Gasteiger partial charge in [0, 0.05) is 6.04 Å². The molecule has 1 aromatic rings. The number of aryl methyl sites for hydroxylation is 1. The lowest BCUT2D eigenvalue weighted by Crippen LogP contribution is -2.32. The molecular formula is C9H17N3O2S. The molecule has 0 aromatic carbocycles. The van der Waals surface area contributed by atoms with Gasteiger partial charge in [0.25, 0.3) is 10.0 Å². The molecule has 86 valence electrons. The number of hydrogen-bond acceptors (Lipinski definition) is 3. The van der Waals surface area contributed by atoms with Gasteiger partial charge in [-0.25, -0.2) is 18.1 Å². The molecule has 1 atom stereocenters. The van der Waals surface area contributed by atoms with Crippen molar-refractivity contribution in [2.24, 2.45) is 0 Å². The SMILES string of the molecule is CCCC(C)NS(=O)(=O)c1cnc(C)[nH]1. The zero-order valence-corrected chi connectivity index (χ0v) is 10.1. The summed E-state index contributed by atoms with van der Waals surface area (Å²) in [5, 5.41) is 0.128. The Hall–Kier alpha value is -0.880. The Bertz CT molecular complexity index is 411. The van der Waals surface area contributed by atoms with Crippen LogP contribution in [0.25, 0.3) is 0 Å². The van der Waals surface area contributed by atoms with Gasteiger partial charge in [-0.05, 0) is 20.3 Å². The quantitative estimate of drug-likeness (QED) is 0.799. The highest BCUT2D eigenvalue weighted by molar-refractivity contribution is 7.89. The van der Waals surface area contributed by atoms with Gasteiger partial charge < -0.3 is 4.98 Å². The number of aromatic nitrogens is 2. The van der Waals surface area contributed by atoms with E-state index >= 15 is 0 Å². The molecule has 0 saturated heterocycles. The second kappa shape index (κ2) is 4.76. The maximum Gasteiger partial charge on any atom is 0.257 e. The standard InChI is InChI=1S/C9H17N3O2S/c1-4-5-7(2)12-15(13,14)9-6-10-8(3)11-9/h6-7,12H,4-5H2,1-3H3,(H,10,11). The lowest BCUT2D eigenvalue weighted by Gasteiger charge is -2.11. The van der Waals surface area contributed by atoms with Gasteiger partial charge in [0.15, 0.2) is 5.03 Å². The van der Waals surface area contributed by atoms with Gasteiger partial charge in [-0.2, -0.15) is 0 Å². The Balaban J connectivity index is 2.76. The van der Waals surface area contributed by atoms with Gasteiger partial charge in [-0.3, -0.25) is 0 Å². The molecule has 0 spiro atoms. The van der Waals surface area contributed by atoms with Crippen molar-refractivity contribution < 1.29 is 8.42 Å². The highest BCUT2D eigenvalue weighted by Gasteiger charge is 2.18. The number of rotatable bonds is 5. The molecule has 0 bridgehead atoms. The van der Waals surface area contributed by atoms with E-state index in [1.54, 1.807) is 6.92 Å². The number of imidazole rings is 1. The zero-order chi connectivity index (χ0) is 11.5. The van der Waals surface area contributed by atoms with Gasteiger partial charge >= 0.3 is 0 Å². The molecule has 0 aliphatic carbocycles. The summed E-state index contributed by atoms with van der Waals surface area (Å²) >= 11 is 0. The number of nitrogens with zero attached hydrogens (tertiary/aromatic N) is 1. The van der Waals surface area contributed by atoms with E-state index in [9.17, 15) is 8.42 Å². The predicted octanol–water partition coefficient (Wildman–Crippen LogP) is 1.19. The summed E-state index contributed by atoms with van der Waals surface area (Å²) in [4.78, 5) is 6.56. The number of hydrogen-bond donors (Lipinski definition) is 2. The highest BCUT2D eigenvalue weighted by Crippen LogP contribution is 2.07. The summed E-state index contributed by atoms with van der Waals surface area (Å²) < 4.78 is 26.1. The summed E-state index contributed by atoms with van der Waals surface area (Å²) in [6, 6.07) is -0.0522. The molecule has 2 N–H and O–H groups in total. The number of sulfonamides is 1. The third kappa shape index (κ3) is 3.32. The van der Waals surface area contributed by atoms with Crippen LogP contribution < -0.4 is 4.72 Å². The highest BCUT2D eigenvalue weighted by atomic mass is 32.2. The monoisotopic (exact) mass is 231 g/mol. The van der Waals surface area contributed by atoms with E-state index < -0.39 is 10.0 Å². The van der Waals surface area contributed by atoms with Crippen molar-refractivity contribution in [3.05, 3.63) is 12.0 Å². The molecule has 0 amide bonds. The lowest BCUT2D eigenvalue weighted by atomic mass is 10.2. The lowest BCUT2D eigenvalue weighted by molar-refractivity contribution is 0.541. The van der Waals surface area contributed by atoms with Crippen molar-refractivity contribution in [2.45, 2.75) is 44.7 Å². The summed E-state index contributed by atoms with van der Waals surface area (Å²) in [5.41, 5.74) is 0. The Morgan fingerprint density at radius 3 is 2.73 bits per heavy atom. The Morgan fingerprint density at radius 2 is 2.27 bits per heavy atom. The first-order chi connectivity index (χ1) is 6.95. The van der Waals surface area contributed by atoms with E-state index in [2.05, 4.69) is 14.7 Å². The summed E-state index contributed by atoms with van der Waals surface area (Å²) in [6.45, 7) is 5.59. The molecule has 6 heteroatoms. The summed E-state index contributed by atoms with van der Waals surface area (Å²) in [5.74, 6) is 0.596. The van der Waals surface area contributed by atoms with Gasteiger partial charge in [-0.15, -0.1) is 0 Å². The third-order valence-electron chi connectivity index (χ3n) is 2.05. The van der Waals surface area contributed by atoms with Crippen LogP contribution in [0.3, 0.4) is 0 Å². The van der Waals surface area contributed by atoms with Crippen LogP contribution in [0.5, 0.6) is 0 Å². The minimum absolute atomic E-state index is 0.0522. The van der Waals surface area contributed by atoms with Crippen molar-refractivity contribution in [3.63, 3.8) is 0 Å². The molecule has 0 aliphatic rings. The Morgan fingerprint density at radius 1 is 1.60 bits per heavy atom. The van der Waals surface area contributed by atoms with Crippen LogP contribution in [-0.2, 0) is 10.0 Å². The normalized spacial score (nSPS) is 14.1. The largest absolute Gasteiger partial charge is 0.332 e. The summed E-state index contributed by atoms with van der Waals surface area (Å²) in [7, 11) is -3.43. The predicted molar refractivity (Wildman–Crippen MR) is 58.0 cm³/mol.